The minimum atomic E-state index is 1.05. The van der Waals surface area contributed by atoms with Crippen molar-refractivity contribution >= 4 is 9.24 Å². The number of likely N-dealkylation sites (N-methyl/N-ethyl adjacent to an activating group) is 1. The molecule has 0 heterocycles. The van der Waals surface area contributed by atoms with Crippen LogP contribution in [0.5, 0.6) is 0 Å². The van der Waals surface area contributed by atoms with E-state index in [1.54, 1.807) is 0 Å². The summed E-state index contributed by atoms with van der Waals surface area (Å²) in [4.78, 5) is 2.14. The Labute approximate surface area is 54.0 Å². The lowest BCUT2D eigenvalue weighted by Crippen LogP contribution is -2.10. The van der Waals surface area contributed by atoms with Crippen molar-refractivity contribution in [3.63, 3.8) is 0 Å². The fourth-order valence-corrected chi connectivity index (χ4v) is 0.574. The summed E-state index contributed by atoms with van der Waals surface area (Å²) >= 11 is 0. The van der Waals surface area contributed by atoms with Gasteiger partial charge >= 0.3 is 0 Å². The van der Waals surface area contributed by atoms with E-state index in [2.05, 4.69) is 40.4 Å². The van der Waals surface area contributed by atoms with E-state index in [0.717, 1.165) is 12.7 Å². The normalized spacial score (nSPS) is 11.5. The average Bonchev–Trinajstić information content (AvgIpc) is 1.66. The van der Waals surface area contributed by atoms with Gasteiger partial charge in [-0.05, 0) is 20.3 Å². The molecule has 0 amide bonds. The van der Waals surface area contributed by atoms with Crippen LogP contribution in [0.4, 0.5) is 0 Å². The summed E-state index contributed by atoms with van der Waals surface area (Å²) in [6.45, 7) is 1.05. The molecule has 0 aromatic heterocycles. The molecule has 1 nitrogen and oxygen atoms in total. The molecular weight excluding hydrogens is 117 g/mol. The van der Waals surface area contributed by atoms with E-state index >= 15 is 0 Å². The highest BCUT2D eigenvalue weighted by Crippen LogP contribution is 1.82. The third kappa shape index (κ3) is 6.13. The highest BCUT2D eigenvalue weighted by Gasteiger charge is 1.78. The van der Waals surface area contributed by atoms with Gasteiger partial charge in [-0.25, -0.2) is 0 Å². The molecule has 0 aromatic carbocycles. The molecule has 0 aliphatic heterocycles. The maximum absolute atomic E-state index is 2.66. The Bertz CT molecular complexity index is 68.9. The van der Waals surface area contributed by atoms with Gasteiger partial charge in [0, 0.05) is 6.54 Å². The van der Waals surface area contributed by atoms with Crippen molar-refractivity contribution in [3.8, 4) is 0 Å². The first kappa shape index (κ1) is 8.13. The molecule has 1 atom stereocenters. The van der Waals surface area contributed by atoms with Crippen molar-refractivity contribution in [1.29, 1.82) is 0 Å². The van der Waals surface area contributed by atoms with E-state index in [1.165, 1.54) is 0 Å². The molecule has 0 aromatic rings. The van der Waals surface area contributed by atoms with E-state index in [0.29, 0.717) is 0 Å². The summed E-state index contributed by atoms with van der Waals surface area (Å²) in [5.74, 6) is 0. The summed E-state index contributed by atoms with van der Waals surface area (Å²) in [6, 6.07) is 0. The molecule has 0 saturated heterocycles. The Hall–Kier alpha value is 0.130. The molecule has 0 aliphatic carbocycles. The van der Waals surface area contributed by atoms with Crippen LogP contribution in [0, 0.1) is 0 Å². The average molecular weight is 131 g/mol. The standard InChI is InChI=1S/C6H14NP/c1-7(2)5-3-4-6-8/h3-4H,5-6,8H2,1-2H3/b4-3-. The third-order valence-corrected chi connectivity index (χ3v) is 1.05. The highest BCUT2D eigenvalue weighted by molar-refractivity contribution is 7.16. The summed E-state index contributed by atoms with van der Waals surface area (Å²) in [7, 11) is 6.78. The van der Waals surface area contributed by atoms with Crippen LogP contribution in [0.15, 0.2) is 12.2 Å². The predicted octanol–water partition coefficient (Wildman–Crippen LogP) is 0.979. The fraction of sp³-hybridized carbons (Fsp3) is 0.667. The minimum absolute atomic E-state index is 1.05. The van der Waals surface area contributed by atoms with E-state index < -0.39 is 0 Å². The lowest BCUT2D eigenvalue weighted by molar-refractivity contribution is 0.456. The van der Waals surface area contributed by atoms with Gasteiger partial charge in [-0.3, -0.25) is 0 Å². The van der Waals surface area contributed by atoms with Gasteiger partial charge < -0.3 is 4.90 Å². The SMILES string of the molecule is CN(C)C/C=C\CP. The van der Waals surface area contributed by atoms with Crippen molar-refractivity contribution in [1.82, 2.24) is 4.90 Å². The Morgan fingerprint density at radius 2 is 2.00 bits per heavy atom. The molecule has 0 rings (SSSR count). The molecule has 1 unspecified atom stereocenters. The maximum Gasteiger partial charge on any atom is 0.0157 e. The van der Waals surface area contributed by atoms with Crippen LogP contribution in [0.1, 0.15) is 0 Å². The van der Waals surface area contributed by atoms with Crippen LogP contribution in [0.3, 0.4) is 0 Å². The zero-order valence-corrected chi connectivity index (χ0v) is 6.75. The first-order valence-corrected chi connectivity index (χ1v) is 3.59. The molecule has 0 spiro atoms. The number of hydrogen-bond acceptors (Lipinski definition) is 1. The van der Waals surface area contributed by atoms with Crippen LogP contribution >= 0.6 is 9.24 Å². The van der Waals surface area contributed by atoms with E-state index in [9.17, 15) is 0 Å². The van der Waals surface area contributed by atoms with Gasteiger partial charge in [-0.15, -0.1) is 9.24 Å². The van der Waals surface area contributed by atoms with Gasteiger partial charge in [0.2, 0.25) is 0 Å². The van der Waals surface area contributed by atoms with Gasteiger partial charge in [0.1, 0.15) is 0 Å². The quantitative estimate of drug-likeness (QED) is 0.407. The van der Waals surface area contributed by atoms with Crippen molar-refractivity contribution in [3.05, 3.63) is 12.2 Å². The second kappa shape index (κ2) is 5.27. The summed E-state index contributed by atoms with van der Waals surface area (Å²) in [5, 5.41) is 0. The smallest absolute Gasteiger partial charge is 0.0157 e. The summed E-state index contributed by atoms with van der Waals surface area (Å²) in [6.07, 6.45) is 5.37. The second-order valence-corrected chi connectivity index (χ2v) is 2.44. The van der Waals surface area contributed by atoms with Crippen molar-refractivity contribution in [2.75, 3.05) is 26.8 Å². The summed E-state index contributed by atoms with van der Waals surface area (Å²) < 4.78 is 0. The summed E-state index contributed by atoms with van der Waals surface area (Å²) in [5.41, 5.74) is 0. The van der Waals surface area contributed by atoms with Gasteiger partial charge in [-0.2, -0.15) is 0 Å². The molecule has 48 valence electrons. The van der Waals surface area contributed by atoms with Crippen LogP contribution in [0.25, 0.3) is 0 Å². The van der Waals surface area contributed by atoms with Crippen LogP contribution in [-0.4, -0.2) is 31.7 Å². The predicted molar refractivity (Wildman–Crippen MR) is 42.3 cm³/mol. The number of hydrogen-bond donors (Lipinski definition) is 0. The molecule has 0 radical (unpaired) electrons. The van der Waals surface area contributed by atoms with E-state index in [-0.39, 0.29) is 0 Å². The fourth-order valence-electron chi connectivity index (χ4n) is 0.382. The maximum atomic E-state index is 2.66. The molecule has 0 N–H and O–H groups in total. The molecule has 8 heavy (non-hydrogen) atoms. The Balaban J connectivity index is 3.03. The monoisotopic (exact) mass is 131 g/mol. The van der Waals surface area contributed by atoms with Crippen LogP contribution in [-0.2, 0) is 0 Å². The first-order chi connectivity index (χ1) is 3.77. The lowest BCUT2D eigenvalue weighted by atomic mass is 10.5. The molecule has 0 fully saturated rings. The number of nitrogens with zero attached hydrogens (tertiary/aromatic N) is 1. The largest absolute Gasteiger partial charge is 0.306 e. The zero-order valence-electron chi connectivity index (χ0n) is 5.59. The van der Waals surface area contributed by atoms with Crippen LogP contribution in [0.2, 0.25) is 0 Å². The van der Waals surface area contributed by atoms with Crippen LogP contribution < -0.4 is 0 Å². The molecule has 0 aliphatic rings. The Kier molecular flexibility index (Phi) is 5.36. The molecule has 0 saturated carbocycles. The molecule has 0 bridgehead atoms. The first-order valence-electron chi connectivity index (χ1n) is 2.77. The van der Waals surface area contributed by atoms with Gasteiger partial charge in [0.25, 0.3) is 0 Å². The van der Waals surface area contributed by atoms with Crippen molar-refractivity contribution in [2.45, 2.75) is 0 Å². The van der Waals surface area contributed by atoms with E-state index in [4.69, 9.17) is 0 Å². The molecular formula is C6H14NP. The number of rotatable bonds is 3. The highest BCUT2D eigenvalue weighted by atomic mass is 31.0. The minimum Gasteiger partial charge on any atom is -0.306 e. The van der Waals surface area contributed by atoms with Gasteiger partial charge in [0.15, 0.2) is 0 Å². The Morgan fingerprint density at radius 3 is 2.38 bits per heavy atom. The van der Waals surface area contributed by atoms with Gasteiger partial charge in [0.05, 0.1) is 0 Å². The van der Waals surface area contributed by atoms with Crippen molar-refractivity contribution < 1.29 is 0 Å². The third-order valence-electron chi connectivity index (χ3n) is 0.773. The molecule has 2 heteroatoms. The lowest BCUT2D eigenvalue weighted by Gasteiger charge is -2.02. The topological polar surface area (TPSA) is 3.24 Å². The Morgan fingerprint density at radius 1 is 1.38 bits per heavy atom. The van der Waals surface area contributed by atoms with Gasteiger partial charge in [-0.1, -0.05) is 12.2 Å². The number of allylic oxidation sites excluding steroid dienone is 1. The van der Waals surface area contributed by atoms with Crippen molar-refractivity contribution in [2.24, 2.45) is 0 Å². The zero-order chi connectivity index (χ0) is 6.41. The van der Waals surface area contributed by atoms with E-state index in [1.807, 2.05) is 0 Å². The second-order valence-electron chi connectivity index (χ2n) is 1.97.